The number of carbonyl (C=O) groups is 1. The Morgan fingerprint density at radius 2 is 2.00 bits per heavy atom. The zero-order chi connectivity index (χ0) is 18.0. The van der Waals surface area contributed by atoms with Crippen LogP contribution in [0, 0.1) is 0 Å². The molecule has 1 atom stereocenters. The van der Waals surface area contributed by atoms with Crippen LogP contribution in [0.25, 0.3) is 0 Å². The number of anilines is 1. The molecule has 3 N–H and O–H groups in total. The van der Waals surface area contributed by atoms with Gasteiger partial charge in [-0.2, -0.15) is 0 Å². The molecule has 0 aliphatic heterocycles. The quantitative estimate of drug-likeness (QED) is 0.644. The summed E-state index contributed by atoms with van der Waals surface area (Å²) in [5.41, 5.74) is 8.49. The first-order valence-electron chi connectivity index (χ1n) is 8.00. The number of nitrogens with two attached hydrogens (primary N) is 1. The number of rotatable bonds is 4. The Morgan fingerprint density at radius 3 is 2.76 bits per heavy atom. The van der Waals surface area contributed by atoms with Gasteiger partial charge in [0.1, 0.15) is 0 Å². The number of hydrogen-bond acceptors (Lipinski definition) is 5. The van der Waals surface area contributed by atoms with Crippen LogP contribution in [0.3, 0.4) is 0 Å². The fourth-order valence-electron chi connectivity index (χ4n) is 3.19. The molecule has 6 nitrogen and oxygen atoms in total. The third-order valence-corrected chi connectivity index (χ3v) is 5.89. The van der Waals surface area contributed by atoms with Crippen LogP contribution in [0.4, 0.5) is 5.69 Å². The Morgan fingerprint density at radius 1 is 1.24 bits per heavy atom. The number of aryl methyl sites for hydroxylation is 1. The molecule has 0 saturated carbocycles. The van der Waals surface area contributed by atoms with Crippen LogP contribution in [-0.4, -0.2) is 21.5 Å². The summed E-state index contributed by atoms with van der Waals surface area (Å²) >= 11 is 0. The summed E-state index contributed by atoms with van der Waals surface area (Å²) in [5.74, 6) is -0.683. The molecule has 0 spiro atoms. The molecule has 0 fully saturated rings. The number of sulfonamides is 1. The van der Waals surface area contributed by atoms with Crippen LogP contribution in [-0.2, 0) is 21.2 Å². The van der Waals surface area contributed by atoms with Crippen LogP contribution in [0.1, 0.15) is 40.4 Å². The molecule has 1 unspecified atom stereocenters. The van der Waals surface area contributed by atoms with Crippen molar-refractivity contribution in [2.24, 2.45) is 0 Å². The number of ether oxygens (including phenoxy) is 1. The van der Waals surface area contributed by atoms with Crippen LogP contribution >= 0.6 is 0 Å². The highest BCUT2D eigenvalue weighted by Gasteiger charge is 2.28. The van der Waals surface area contributed by atoms with Crippen LogP contribution in [0.15, 0.2) is 47.4 Å². The van der Waals surface area contributed by atoms with E-state index in [2.05, 4.69) is 9.46 Å². The van der Waals surface area contributed by atoms with Crippen molar-refractivity contribution >= 4 is 21.7 Å². The summed E-state index contributed by atoms with van der Waals surface area (Å²) in [7, 11) is -2.66. The van der Waals surface area contributed by atoms with Crippen molar-refractivity contribution in [2.45, 2.75) is 30.2 Å². The standard InChI is InChI=1S/C18H20N2O4S/c1-24-18(21)15-6-2-3-8-17(15)25(22,23)20-16-7-4-5-12-11-13(19)9-10-14(12)16/h2-3,6,8-11,16,20H,4-5,7,19H2,1H3. The highest BCUT2D eigenvalue weighted by atomic mass is 32.2. The maximum absolute atomic E-state index is 12.9. The first-order valence-corrected chi connectivity index (χ1v) is 9.48. The molecule has 0 saturated heterocycles. The molecule has 1 aliphatic carbocycles. The van der Waals surface area contributed by atoms with Crippen molar-refractivity contribution in [3.8, 4) is 0 Å². The minimum Gasteiger partial charge on any atom is -0.465 e. The Kier molecular flexibility index (Phi) is 4.78. The largest absolute Gasteiger partial charge is 0.465 e. The number of nitrogen functional groups attached to an aromatic ring is 1. The highest BCUT2D eigenvalue weighted by Crippen LogP contribution is 2.32. The van der Waals surface area contributed by atoms with Crippen molar-refractivity contribution in [3.05, 3.63) is 59.2 Å². The predicted molar refractivity (Wildman–Crippen MR) is 94.6 cm³/mol. The molecule has 2 aromatic rings. The average molecular weight is 360 g/mol. The van der Waals surface area contributed by atoms with Crippen molar-refractivity contribution < 1.29 is 17.9 Å². The SMILES string of the molecule is COC(=O)c1ccccc1S(=O)(=O)NC1CCCc2cc(N)ccc21. The number of hydrogen-bond donors (Lipinski definition) is 2. The van der Waals surface area contributed by atoms with Gasteiger partial charge in [-0.05, 0) is 54.7 Å². The molecule has 132 valence electrons. The molecule has 0 aromatic heterocycles. The summed E-state index contributed by atoms with van der Waals surface area (Å²) in [5, 5.41) is 0. The molecule has 0 amide bonds. The third-order valence-electron chi connectivity index (χ3n) is 4.36. The van der Waals surface area contributed by atoms with Gasteiger partial charge in [-0.15, -0.1) is 0 Å². The summed E-state index contributed by atoms with van der Waals surface area (Å²) in [6.07, 6.45) is 2.43. The number of benzene rings is 2. The minimum absolute atomic E-state index is 0.0193. The third kappa shape index (κ3) is 3.52. The van der Waals surface area contributed by atoms with Gasteiger partial charge in [-0.1, -0.05) is 18.2 Å². The van der Waals surface area contributed by atoms with Gasteiger partial charge in [0.25, 0.3) is 0 Å². The molecule has 7 heteroatoms. The van der Waals surface area contributed by atoms with E-state index in [9.17, 15) is 13.2 Å². The number of fused-ring (bicyclic) bond motifs is 1. The van der Waals surface area contributed by atoms with Gasteiger partial charge in [0.15, 0.2) is 0 Å². The van der Waals surface area contributed by atoms with E-state index in [4.69, 9.17) is 5.73 Å². The van der Waals surface area contributed by atoms with E-state index in [-0.39, 0.29) is 16.5 Å². The van der Waals surface area contributed by atoms with Crippen molar-refractivity contribution in [3.63, 3.8) is 0 Å². The molecule has 25 heavy (non-hydrogen) atoms. The van der Waals surface area contributed by atoms with Crippen molar-refractivity contribution in [2.75, 3.05) is 12.8 Å². The first kappa shape index (κ1) is 17.4. The summed E-state index contributed by atoms with van der Waals surface area (Å²) in [4.78, 5) is 11.8. The average Bonchev–Trinajstić information content (AvgIpc) is 2.60. The second-order valence-corrected chi connectivity index (χ2v) is 7.69. The van der Waals surface area contributed by atoms with E-state index < -0.39 is 16.0 Å². The lowest BCUT2D eigenvalue weighted by molar-refractivity contribution is 0.0596. The molecule has 3 rings (SSSR count). The second kappa shape index (κ2) is 6.85. The molecular weight excluding hydrogens is 340 g/mol. The monoisotopic (exact) mass is 360 g/mol. The molecule has 1 aliphatic rings. The van der Waals surface area contributed by atoms with Gasteiger partial charge in [0.2, 0.25) is 10.0 Å². The zero-order valence-corrected chi connectivity index (χ0v) is 14.7. The van der Waals surface area contributed by atoms with Crippen LogP contribution < -0.4 is 10.5 Å². The van der Waals surface area contributed by atoms with E-state index in [0.29, 0.717) is 12.1 Å². The van der Waals surface area contributed by atoms with Gasteiger partial charge >= 0.3 is 5.97 Å². The maximum Gasteiger partial charge on any atom is 0.339 e. The molecule has 0 radical (unpaired) electrons. The lowest BCUT2D eigenvalue weighted by atomic mass is 9.88. The topological polar surface area (TPSA) is 98.5 Å². The molecule has 2 aromatic carbocycles. The fourth-order valence-corrected chi connectivity index (χ4v) is 4.63. The van der Waals surface area contributed by atoms with Crippen molar-refractivity contribution in [1.29, 1.82) is 0 Å². The first-order chi connectivity index (χ1) is 11.9. The van der Waals surface area contributed by atoms with E-state index in [1.165, 1.54) is 19.2 Å². The lowest BCUT2D eigenvalue weighted by Gasteiger charge is -2.26. The Balaban J connectivity index is 1.96. The number of nitrogens with one attached hydrogen (secondary N) is 1. The van der Waals surface area contributed by atoms with Crippen molar-refractivity contribution in [1.82, 2.24) is 4.72 Å². The summed E-state index contributed by atoms with van der Waals surface area (Å²) in [6.45, 7) is 0. The molecular formula is C18H20N2O4S. The predicted octanol–water partition coefficient (Wildman–Crippen LogP) is 2.41. The van der Waals surface area contributed by atoms with Gasteiger partial charge < -0.3 is 10.5 Å². The Bertz CT molecular complexity index is 909. The smallest absolute Gasteiger partial charge is 0.339 e. The number of methoxy groups -OCH3 is 1. The summed E-state index contributed by atoms with van der Waals surface area (Å²) in [6, 6.07) is 11.2. The van der Waals surface area contributed by atoms with Gasteiger partial charge in [-0.3, -0.25) is 0 Å². The summed E-state index contributed by atoms with van der Waals surface area (Å²) < 4.78 is 33.2. The normalized spacial score (nSPS) is 16.9. The van der Waals surface area contributed by atoms with E-state index in [1.807, 2.05) is 12.1 Å². The maximum atomic E-state index is 12.9. The lowest BCUT2D eigenvalue weighted by Crippen LogP contribution is -2.32. The number of carbonyl (C=O) groups excluding carboxylic acids is 1. The van der Waals surface area contributed by atoms with E-state index in [0.717, 1.165) is 24.0 Å². The fraction of sp³-hybridized carbons (Fsp3) is 0.278. The van der Waals surface area contributed by atoms with E-state index >= 15 is 0 Å². The zero-order valence-electron chi connectivity index (χ0n) is 13.9. The van der Waals surface area contributed by atoms with Gasteiger partial charge in [0, 0.05) is 11.7 Å². The minimum atomic E-state index is -3.88. The highest BCUT2D eigenvalue weighted by molar-refractivity contribution is 7.89. The number of esters is 1. The van der Waals surface area contributed by atoms with Crippen LogP contribution in [0.2, 0.25) is 0 Å². The van der Waals surface area contributed by atoms with Gasteiger partial charge in [0.05, 0.1) is 17.6 Å². The van der Waals surface area contributed by atoms with E-state index in [1.54, 1.807) is 18.2 Å². The molecule has 0 heterocycles. The Hall–Kier alpha value is -2.38. The van der Waals surface area contributed by atoms with Crippen LogP contribution in [0.5, 0.6) is 0 Å². The molecule has 0 bridgehead atoms. The Labute approximate surface area is 147 Å². The van der Waals surface area contributed by atoms with Gasteiger partial charge in [-0.25, -0.2) is 17.9 Å². The second-order valence-electron chi connectivity index (χ2n) is 6.01.